The molecule has 0 spiro atoms. The molecule has 0 radical (unpaired) electrons. The Kier molecular flexibility index (Phi) is 4.04. The number of alkyl halides is 1. The average molecular weight is 278 g/mol. The minimum atomic E-state index is -0.400. The maximum absolute atomic E-state index is 11.8. The first-order chi connectivity index (χ1) is 6.83. The number of halogens is 1. The average Bonchev–Trinajstić information content (AvgIpc) is 2.43. The summed E-state index contributed by atoms with van der Waals surface area (Å²) in [5, 5.41) is 0. The summed E-state index contributed by atoms with van der Waals surface area (Å²) >= 11 is 3.60. The van der Waals surface area contributed by atoms with Crippen LogP contribution < -0.4 is 0 Å². The third kappa shape index (κ3) is 3.67. The predicted molar refractivity (Wildman–Crippen MR) is 64.3 cm³/mol. The first-order valence-corrected chi connectivity index (χ1v) is 6.37. The van der Waals surface area contributed by atoms with Crippen LogP contribution in [0.25, 0.3) is 0 Å². The van der Waals surface area contributed by atoms with Crippen LogP contribution >= 0.6 is 15.9 Å². The standard InChI is InChI=1S/C11H20BrNO2/c1-5-8-6-13(7-9(8)12)10(14)15-11(2,3)4/h8-9H,5-7H2,1-4H3/t8-,9+/m0/s1. The zero-order valence-electron chi connectivity index (χ0n) is 9.92. The molecular weight excluding hydrogens is 258 g/mol. The van der Waals surface area contributed by atoms with Crippen molar-refractivity contribution in [3.63, 3.8) is 0 Å². The molecule has 88 valence electrons. The Labute approximate surface area is 100 Å². The van der Waals surface area contributed by atoms with Gasteiger partial charge in [-0.05, 0) is 26.7 Å². The highest BCUT2D eigenvalue weighted by molar-refractivity contribution is 9.09. The van der Waals surface area contributed by atoms with E-state index in [2.05, 4.69) is 22.9 Å². The van der Waals surface area contributed by atoms with E-state index >= 15 is 0 Å². The van der Waals surface area contributed by atoms with Gasteiger partial charge in [0.15, 0.2) is 0 Å². The summed E-state index contributed by atoms with van der Waals surface area (Å²) < 4.78 is 5.33. The van der Waals surface area contributed by atoms with Crippen molar-refractivity contribution in [1.82, 2.24) is 4.90 Å². The lowest BCUT2D eigenvalue weighted by Gasteiger charge is -2.24. The third-order valence-electron chi connectivity index (χ3n) is 2.54. The smallest absolute Gasteiger partial charge is 0.410 e. The summed E-state index contributed by atoms with van der Waals surface area (Å²) in [6.45, 7) is 9.39. The van der Waals surface area contributed by atoms with E-state index < -0.39 is 5.60 Å². The van der Waals surface area contributed by atoms with Crippen molar-refractivity contribution >= 4 is 22.0 Å². The molecule has 0 aliphatic carbocycles. The predicted octanol–water partition coefficient (Wildman–Crippen LogP) is 3.03. The van der Waals surface area contributed by atoms with E-state index in [1.807, 2.05) is 20.8 Å². The SMILES string of the molecule is CC[C@H]1CN(C(=O)OC(C)(C)C)C[C@H]1Br. The highest BCUT2D eigenvalue weighted by atomic mass is 79.9. The van der Waals surface area contributed by atoms with Gasteiger partial charge in [-0.1, -0.05) is 29.3 Å². The van der Waals surface area contributed by atoms with Crippen LogP contribution in [0, 0.1) is 5.92 Å². The third-order valence-corrected chi connectivity index (χ3v) is 3.57. The van der Waals surface area contributed by atoms with Gasteiger partial charge in [0.1, 0.15) is 5.60 Å². The van der Waals surface area contributed by atoms with Gasteiger partial charge in [0.2, 0.25) is 0 Å². The van der Waals surface area contributed by atoms with Crippen molar-refractivity contribution in [1.29, 1.82) is 0 Å². The van der Waals surface area contributed by atoms with Crippen LogP contribution in [0.5, 0.6) is 0 Å². The Morgan fingerprint density at radius 2 is 2.07 bits per heavy atom. The molecule has 1 rings (SSSR count). The van der Waals surface area contributed by atoms with E-state index in [9.17, 15) is 4.79 Å². The number of carbonyl (C=O) groups excluding carboxylic acids is 1. The number of hydrogen-bond donors (Lipinski definition) is 0. The Morgan fingerprint density at radius 3 is 2.47 bits per heavy atom. The number of carbonyl (C=O) groups is 1. The molecule has 4 heteroatoms. The molecule has 0 aromatic rings. The number of amides is 1. The van der Waals surface area contributed by atoms with Crippen LogP contribution in [-0.4, -0.2) is 34.5 Å². The Bertz CT molecular complexity index is 237. The molecule has 0 aromatic heterocycles. The van der Waals surface area contributed by atoms with E-state index in [0.717, 1.165) is 19.5 Å². The fraction of sp³-hybridized carbons (Fsp3) is 0.909. The molecule has 0 saturated carbocycles. The lowest BCUT2D eigenvalue weighted by molar-refractivity contribution is 0.0288. The largest absolute Gasteiger partial charge is 0.444 e. The monoisotopic (exact) mass is 277 g/mol. The molecule has 1 amide bonds. The zero-order chi connectivity index (χ0) is 11.6. The maximum atomic E-state index is 11.8. The van der Waals surface area contributed by atoms with Crippen molar-refractivity contribution in [3.8, 4) is 0 Å². The molecule has 0 N–H and O–H groups in total. The van der Waals surface area contributed by atoms with Gasteiger partial charge >= 0.3 is 6.09 Å². The minimum Gasteiger partial charge on any atom is -0.444 e. The number of ether oxygens (including phenoxy) is 1. The lowest BCUT2D eigenvalue weighted by atomic mass is 10.1. The molecule has 1 fully saturated rings. The molecule has 3 nitrogen and oxygen atoms in total. The molecule has 15 heavy (non-hydrogen) atoms. The quantitative estimate of drug-likeness (QED) is 0.690. The van der Waals surface area contributed by atoms with E-state index in [1.54, 1.807) is 4.90 Å². The van der Waals surface area contributed by atoms with Crippen LogP contribution in [0.15, 0.2) is 0 Å². The second kappa shape index (κ2) is 4.73. The maximum Gasteiger partial charge on any atom is 0.410 e. The molecule has 1 aliphatic rings. The van der Waals surface area contributed by atoms with E-state index in [4.69, 9.17) is 4.74 Å². The number of rotatable bonds is 1. The van der Waals surface area contributed by atoms with Crippen LogP contribution in [-0.2, 0) is 4.74 Å². The van der Waals surface area contributed by atoms with Crippen LogP contribution in [0.2, 0.25) is 0 Å². The normalized spacial score (nSPS) is 26.9. The summed E-state index contributed by atoms with van der Waals surface area (Å²) in [6.07, 6.45) is 0.901. The van der Waals surface area contributed by atoms with Gasteiger partial charge in [0, 0.05) is 17.9 Å². The Balaban J connectivity index is 2.50. The molecule has 0 unspecified atom stereocenters. The second-order valence-electron chi connectivity index (χ2n) is 5.07. The van der Waals surface area contributed by atoms with Crippen molar-refractivity contribution in [2.24, 2.45) is 5.92 Å². The van der Waals surface area contributed by atoms with Crippen molar-refractivity contribution in [2.45, 2.75) is 44.5 Å². The molecule has 2 atom stereocenters. The van der Waals surface area contributed by atoms with E-state index in [0.29, 0.717) is 10.7 Å². The Hall–Kier alpha value is -0.250. The fourth-order valence-corrected chi connectivity index (χ4v) is 2.58. The van der Waals surface area contributed by atoms with Crippen LogP contribution in [0.4, 0.5) is 4.79 Å². The summed E-state index contributed by atoms with van der Waals surface area (Å²) in [5.41, 5.74) is -0.400. The second-order valence-corrected chi connectivity index (χ2v) is 6.25. The van der Waals surface area contributed by atoms with Gasteiger partial charge in [-0.15, -0.1) is 0 Å². The minimum absolute atomic E-state index is 0.192. The highest BCUT2D eigenvalue weighted by Crippen LogP contribution is 2.27. The van der Waals surface area contributed by atoms with E-state index in [-0.39, 0.29) is 6.09 Å². The fourth-order valence-electron chi connectivity index (χ4n) is 1.69. The molecule has 1 heterocycles. The van der Waals surface area contributed by atoms with Gasteiger partial charge in [-0.2, -0.15) is 0 Å². The van der Waals surface area contributed by atoms with Crippen molar-refractivity contribution in [3.05, 3.63) is 0 Å². The number of nitrogens with zero attached hydrogens (tertiary/aromatic N) is 1. The summed E-state index contributed by atoms with van der Waals surface area (Å²) in [5.74, 6) is 0.553. The summed E-state index contributed by atoms with van der Waals surface area (Å²) in [4.78, 5) is 14.0. The van der Waals surface area contributed by atoms with Gasteiger partial charge in [-0.25, -0.2) is 4.79 Å². The Morgan fingerprint density at radius 1 is 1.47 bits per heavy atom. The molecule has 1 saturated heterocycles. The van der Waals surface area contributed by atoms with Crippen LogP contribution in [0.3, 0.4) is 0 Å². The first-order valence-electron chi connectivity index (χ1n) is 5.45. The topological polar surface area (TPSA) is 29.5 Å². The van der Waals surface area contributed by atoms with Crippen molar-refractivity contribution < 1.29 is 9.53 Å². The van der Waals surface area contributed by atoms with Crippen LogP contribution in [0.1, 0.15) is 34.1 Å². The lowest BCUT2D eigenvalue weighted by Crippen LogP contribution is -2.35. The first kappa shape index (κ1) is 12.8. The summed E-state index contributed by atoms with van der Waals surface area (Å²) in [6, 6.07) is 0. The van der Waals surface area contributed by atoms with E-state index in [1.165, 1.54) is 0 Å². The molecule has 1 aliphatic heterocycles. The highest BCUT2D eigenvalue weighted by Gasteiger charge is 2.34. The summed E-state index contributed by atoms with van der Waals surface area (Å²) in [7, 11) is 0. The van der Waals surface area contributed by atoms with Crippen molar-refractivity contribution in [2.75, 3.05) is 13.1 Å². The number of likely N-dealkylation sites (tertiary alicyclic amines) is 1. The molecule has 0 aromatic carbocycles. The number of hydrogen-bond acceptors (Lipinski definition) is 2. The molecular formula is C11H20BrNO2. The molecule has 0 bridgehead atoms. The van der Waals surface area contributed by atoms with Gasteiger partial charge in [-0.3, -0.25) is 0 Å². The van der Waals surface area contributed by atoms with Gasteiger partial charge in [0.05, 0.1) is 0 Å². The zero-order valence-corrected chi connectivity index (χ0v) is 11.5. The van der Waals surface area contributed by atoms with Gasteiger partial charge in [0.25, 0.3) is 0 Å². The van der Waals surface area contributed by atoms with Gasteiger partial charge < -0.3 is 9.64 Å².